The lowest BCUT2D eigenvalue weighted by Gasteiger charge is -2.22. The molecule has 0 spiro atoms. The number of nitrogens with one attached hydrogen (secondary N) is 3. The second-order valence-corrected chi connectivity index (χ2v) is 8.32. The Kier molecular flexibility index (Phi) is 5.31. The molecule has 0 radical (unpaired) electrons. The fourth-order valence-electron chi connectivity index (χ4n) is 4.53. The van der Waals surface area contributed by atoms with Gasteiger partial charge in [-0.2, -0.15) is 5.10 Å². The van der Waals surface area contributed by atoms with Crippen LogP contribution in [0.2, 0.25) is 0 Å². The van der Waals surface area contributed by atoms with Gasteiger partial charge in [0.25, 0.3) is 11.8 Å². The molecule has 1 aromatic heterocycles. The molecule has 1 aliphatic carbocycles. The Balaban J connectivity index is 1.42. The largest absolute Gasteiger partial charge is 0.392 e. The lowest BCUT2D eigenvalue weighted by atomic mass is 9.94. The van der Waals surface area contributed by atoms with E-state index in [1.165, 1.54) is 16.7 Å². The molecule has 2 heterocycles. The third-order valence-electron chi connectivity index (χ3n) is 6.23. The molecular formula is C23H28N6O2. The lowest BCUT2D eigenvalue weighted by Crippen LogP contribution is -2.47. The predicted molar refractivity (Wildman–Crippen MR) is 118 cm³/mol. The number of aromatic nitrogens is 2. The normalized spacial score (nSPS) is 21.1. The third-order valence-corrected chi connectivity index (χ3v) is 6.23. The summed E-state index contributed by atoms with van der Waals surface area (Å²) >= 11 is 0. The molecule has 8 heteroatoms. The van der Waals surface area contributed by atoms with Gasteiger partial charge in [-0.25, -0.2) is 0 Å². The Labute approximate surface area is 181 Å². The van der Waals surface area contributed by atoms with Crippen LogP contribution in [0.5, 0.6) is 0 Å². The smallest absolute Gasteiger partial charge is 0.274 e. The summed E-state index contributed by atoms with van der Waals surface area (Å²) in [5.41, 5.74) is 11.5. The summed E-state index contributed by atoms with van der Waals surface area (Å²) < 4.78 is 1.91. The number of hydrogen-bond acceptors (Lipinski definition) is 5. The van der Waals surface area contributed by atoms with Gasteiger partial charge >= 0.3 is 0 Å². The average molecular weight is 421 g/mol. The first-order chi connectivity index (χ1) is 14.7. The Morgan fingerprint density at radius 1 is 1.23 bits per heavy atom. The number of hydrogen-bond donors (Lipinski definition) is 4. The Bertz CT molecular complexity index is 1100. The minimum absolute atomic E-state index is 0.0281. The van der Waals surface area contributed by atoms with Crippen molar-refractivity contribution in [3.63, 3.8) is 0 Å². The zero-order valence-electron chi connectivity index (χ0n) is 18.1. The van der Waals surface area contributed by atoms with E-state index in [1.54, 1.807) is 0 Å². The van der Waals surface area contributed by atoms with Crippen LogP contribution in [0.1, 0.15) is 42.1 Å². The first-order valence-electron chi connectivity index (χ1n) is 10.4. The van der Waals surface area contributed by atoms with Gasteiger partial charge in [-0.15, -0.1) is 0 Å². The number of nitrogens with two attached hydrogens (primary N) is 1. The fourth-order valence-corrected chi connectivity index (χ4v) is 4.53. The quantitative estimate of drug-likeness (QED) is 0.602. The van der Waals surface area contributed by atoms with Crippen LogP contribution in [-0.4, -0.2) is 27.6 Å². The molecule has 2 aliphatic rings. The van der Waals surface area contributed by atoms with E-state index in [9.17, 15) is 9.59 Å². The van der Waals surface area contributed by atoms with Crippen LogP contribution in [0.4, 0.5) is 0 Å². The number of benzene rings is 1. The van der Waals surface area contributed by atoms with Gasteiger partial charge in [0.05, 0.1) is 5.69 Å². The highest BCUT2D eigenvalue weighted by Gasteiger charge is 2.30. The third kappa shape index (κ3) is 3.93. The topological polar surface area (TPSA) is 114 Å². The highest BCUT2D eigenvalue weighted by Crippen LogP contribution is 2.36. The van der Waals surface area contributed by atoms with E-state index in [4.69, 9.17) is 5.73 Å². The van der Waals surface area contributed by atoms with Crippen molar-refractivity contribution in [3.05, 3.63) is 65.0 Å². The summed E-state index contributed by atoms with van der Waals surface area (Å²) in [6.07, 6.45) is 2.71. The van der Waals surface area contributed by atoms with Gasteiger partial charge in [0.15, 0.2) is 0 Å². The van der Waals surface area contributed by atoms with Crippen LogP contribution in [0.15, 0.2) is 48.1 Å². The second kappa shape index (κ2) is 7.94. The van der Waals surface area contributed by atoms with Crippen molar-refractivity contribution in [2.24, 2.45) is 12.8 Å². The Morgan fingerprint density at radius 2 is 1.94 bits per heavy atom. The van der Waals surface area contributed by atoms with Crippen molar-refractivity contribution in [3.8, 4) is 11.1 Å². The van der Waals surface area contributed by atoms with Crippen LogP contribution >= 0.6 is 0 Å². The maximum atomic E-state index is 12.6. The van der Waals surface area contributed by atoms with Gasteiger partial charge in [-0.1, -0.05) is 30.8 Å². The number of carbonyl (C=O) groups excluding carboxylic acids is 2. The van der Waals surface area contributed by atoms with Crippen molar-refractivity contribution < 1.29 is 9.59 Å². The zero-order valence-corrected chi connectivity index (χ0v) is 18.1. The highest BCUT2D eigenvalue weighted by molar-refractivity contribution is 6.05. The molecule has 0 bridgehead atoms. The average Bonchev–Trinajstić information content (AvgIpc) is 3.29. The van der Waals surface area contributed by atoms with E-state index in [1.807, 2.05) is 18.7 Å². The predicted octanol–water partition coefficient (Wildman–Crippen LogP) is 1.82. The molecule has 162 valence electrons. The maximum Gasteiger partial charge on any atom is 0.274 e. The molecule has 2 atom stereocenters. The van der Waals surface area contributed by atoms with E-state index in [0.717, 1.165) is 30.7 Å². The molecule has 1 fully saturated rings. The monoisotopic (exact) mass is 420 g/mol. The first kappa shape index (κ1) is 20.7. The van der Waals surface area contributed by atoms with Crippen molar-refractivity contribution in [2.45, 2.75) is 45.1 Å². The highest BCUT2D eigenvalue weighted by atomic mass is 16.2. The molecule has 0 saturated heterocycles. The van der Waals surface area contributed by atoms with Crippen LogP contribution < -0.4 is 21.7 Å². The molecule has 2 aromatic rings. The van der Waals surface area contributed by atoms with Crippen LogP contribution in [0.3, 0.4) is 0 Å². The van der Waals surface area contributed by atoms with Gasteiger partial charge < -0.3 is 21.7 Å². The summed E-state index contributed by atoms with van der Waals surface area (Å²) in [6.45, 7) is 7.75. The van der Waals surface area contributed by atoms with Crippen molar-refractivity contribution in [1.82, 2.24) is 25.7 Å². The maximum absolute atomic E-state index is 12.6. The summed E-state index contributed by atoms with van der Waals surface area (Å²) in [6, 6.07) is 8.68. The van der Waals surface area contributed by atoms with Crippen molar-refractivity contribution in [2.75, 3.05) is 0 Å². The minimum atomic E-state index is -0.516. The standard InChI is InChI=1S/C23H28N6O2/c1-12-19(13(2)29(4)28-12)16-7-5-15(6-8-16)17-9-10-18(11-17)27-23(31)21-20(24)22(30)26-14(3)25-21/h5-8,17-18,25H,3,9-11,24H2,1-2,4H3,(H,26,30)(H,27,31)/t17-,18+/m1/s1. The van der Waals surface area contributed by atoms with Crippen LogP contribution in [0.25, 0.3) is 11.1 Å². The molecule has 1 aliphatic heterocycles. The molecule has 1 aromatic carbocycles. The van der Waals surface area contributed by atoms with Crippen LogP contribution in [0, 0.1) is 13.8 Å². The van der Waals surface area contributed by atoms with E-state index in [2.05, 4.69) is 58.8 Å². The summed E-state index contributed by atoms with van der Waals surface area (Å²) in [4.78, 5) is 24.4. The SMILES string of the molecule is C=C1NC(=O)C(N)=C(C(=O)N[C@H]2CC[C@@H](c3ccc(-c4c(C)nn(C)c4C)cc3)C2)N1. The van der Waals surface area contributed by atoms with Gasteiger partial charge in [0, 0.05) is 24.3 Å². The molecule has 1 saturated carbocycles. The fraction of sp³-hybridized carbons (Fsp3) is 0.348. The summed E-state index contributed by atoms with van der Waals surface area (Å²) in [5, 5.41) is 12.7. The van der Waals surface area contributed by atoms with Gasteiger partial charge in [0.2, 0.25) is 0 Å². The van der Waals surface area contributed by atoms with E-state index in [0.29, 0.717) is 5.92 Å². The van der Waals surface area contributed by atoms with Gasteiger partial charge in [0.1, 0.15) is 17.2 Å². The molecular weight excluding hydrogens is 392 g/mol. The number of amides is 2. The summed E-state index contributed by atoms with van der Waals surface area (Å²) in [5.74, 6) is -0.276. The number of rotatable bonds is 4. The molecule has 0 unspecified atom stereocenters. The molecule has 4 rings (SSSR count). The lowest BCUT2D eigenvalue weighted by molar-refractivity contribution is -0.121. The van der Waals surface area contributed by atoms with Crippen molar-refractivity contribution in [1.29, 1.82) is 0 Å². The van der Waals surface area contributed by atoms with Gasteiger partial charge in [-0.05, 0) is 50.2 Å². The Hall–Kier alpha value is -3.55. The van der Waals surface area contributed by atoms with E-state index >= 15 is 0 Å². The molecule has 5 N–H and O–H groups in total. The zero-order chi connectivity index (χ0) is 22.3. The number of aryl methyl sites for hydroxylation is 2. The number of nitrogens with zero attached hydrogens (tertiary/aromatic N) is 2. The van der Waals surface area contributed by atoms with E-state index < -0.39 is 5.91 Å². The number of carbonyl (C=O) groups is 2. The van der Waals surface area contributed by atoms with Crippen molar-refractivity contribution >= 4 is 11.8 Å². The minimum Gasteiger partial charge on any atom is -0.392 e. The second-order valence-electron chi connectivity index (χ2n) is 8.32. The van der Waals surface area contributed by atoms with Crippen LogP contribution in [-0.2, 0) is 16.6 Å². The first-order valence-corrected chi connectivity index (χ1v) is 10.4. The Morgan fingerprint density at radius 3 is 2.58 bits per heavy atom. The van der Waals surface area contributed by atoms with E-state index in [-0.39, 0.29) is 29.2 Å². The molecule has 31 heavy (non-hydrogen) atoms. The molecule has 8 nitrogen and oxygen atoms in total. The summed E-state index contributed by atoms with van der Waals surface area (Å²) in [7, 11) is 1.96. The molecule has 2 amide bonds. The van der Waals surface area contributed by atoms with Gasteiger partial charge in [-0.3, -0.25) is 14.3 Å².